The quantitative estimate of drug-likeness (QED) is 0.810. The fourth-order valence-electron chi connectivity index (χ4n) is 2.56. The summed E-state index contributed by atoms with van der Waals surface area (Å²) in [5.41, 5.74) is -0.740. The first-order chi connectivity index (χ1) is 9.60. The van der Waals surface area contributed by atoms with Gasteiger partial charge in [0.05, 0.1) is 0 Å². The van der Waals surface area contributed by atoms with E-state index < -0.39 is 11.5 Å². The van der Waals surface area contributed by atoms with Crippen molar-refractivity contribution in [3.8, 4) is 0 Å². The molecule has 1 amide bonds. The topological polar surface area (TPSA) is 66.4 Å². The Morgan fingerprint density at radius 2 is 1.85 bits per heavy atom. The number of carbonyl (C=O) groups excluding carboxylic acids is 1. The molecule has 1 atom stereocenters. The summed E-state index contributed by atoms with van der Waals surface area (Å²) >= 11 is 0. The molecular weight excluding hydrogens is 254 g/mol. The molecule has 0 heterocycles. The van der Waals surface area contributed by atoms with Crippen LogP contribution >= 0.6 is 0 Å². The number of hydrogen-bond acceptors (Lipinski definition) is 2. The lowest BCUT2D eigenvalue weighted by Gasteiger charge is -2.31. The van der Waals surface area contributed by atoms with E-state index >= 15 is 0 Å². The monoisotopic (exact) mass is 273 g/mol. The molecule has 1 aliphatic rings. The Hall–Kier alpha value is -2.10. The van der Waals surface area contributed by atoms with Crippen LogP contribution in [0.1, 0.15) is 31.7 Å². The minimum absolute atomic E-state index is 0.149. The van der Waals surface area contributed by atoms with Gasteiger partial charge in [0.1, 0.15) is 0 Å². The zero-order valence-electron chi connectivity index (χ0n) is 11.5. The summed E-state index contributed by atoms with van der Waals surface area (Å²) < 4.78 is 0. The molecule has 1 aliphatic carbocycles. The van der Waals surface area contributed by atoms with Crippen LogP contribution < -0.4 is 5.32 Å². The highest BCUT2D eigenvalue weighted by Gasteiger charge is 2.41. The summed E-state index contributed by atoms with van der Waals surface area (Å²) in [5, 5.41) is 12.4. The average Bonchev–Trinajstić information content (AvgIpc) is 2.99. The SMILES string of the molecule is CCC(NC(=O)C1CC=CC1)(C(=O)O)c1ccccc1. The standard InChI is InChI=1S/C16H19NO3/c1-2-16(15(19)20,13-10-4-3-5-11-13)17-14(18)12-8-6-7-9-12/h3-7,10-12H,2,8-9H2,1H3,(H,17,18)(H,19,20). The van der Waals surface area contributed by atoms with Gasteiger partial charge in [0.25, 0.3) is 0 Å². The summed E-state index contributed by atoms with van der Waals surface area (Å²) in [7, 11) is 0. The molecule has 0 spiro atoms. The van der Waals surface area contributed by atoms with Crippen molar-refractivity contribution in [3.05, 3.63) is 48.0 Å². The van der Waals surface area contributed by atoms with E-state index in [1.165, 1.54) is 0 Å². The minimum atomic E-state index is -1.35. The van der Waals surface area contributed by atoms with Gasteiger partial charge in [-0.05, 0) is 24.8 Å². The lowest BCUT2D eigenvalue weighted by atomic mass is 9.86. The van der Waals surface area contributed by atoms with Gasteiger partial charge < -0.3 is 10.4 Å². The minimum Gasteiger partial charge on any atom is -0.479 e. The van der Waals surface area contributed by atoms with Crippen LogP contribution in [0.5, 0.6) is 0 Å². The zero-order valence-corrected chi connectivity index (χ0v) is 11.5. The number of amides is 1. The molecule has 0 fully saturated rings. The normalized spacial score (nSPS) is 17.6. The lowest BCUT2D eigenvalue weighted by Crippen LogP contribution is -2.52. The summed E-state index contributed by atoms with van der Waals surface area (Å²) in [6.07, 6.45) is 5.58. The van der Waals surface area contributed by atoms with Gasteiger partial charge in [0, 0.05) is 5.92 Å². The highest BCUT2D eigenvalue weighted by Crippen LogP contribution is 2.27. The van der Waals surface area contributed by atoms with Gasteiger partial charge in [-0.15, -0.1) is 0 Å². The molecule has 0 bridgehead atoms. The highest BCUT2D eigenvalue weighted by molar-refractivity contribution is 5.89. The van der Waals surface area contributed by atoms with E-state index in [0.29, 0.717) is 24.8 Å². The smallest absolute Gasteiger partial charge is 0.334 e. The Labute approximate surface area is 118 Å². The molecule has 20 heavy (non-hydrogen) atoms. The molecule has 1 aromatic carbocycles. The van der Waals surface area contributed by atoms with Gasteiger partial charge in [-0.1, -0.05) is 49.4 Å². The third kappa shape index (κ3) is 2.59. The highest BCUT2D eigenvalue weighted by atomic mass is 16.4. The molecule has 106 valence electrons. The molecule has 0 saturated carbocycles. The number of benzene rings is 1. The molecule has 2 rings (SSSR count). The molecule has 2 N–H and O–H groups in total. The predicted octanol–water partition coefficient (Wildman–Crippen LogP) is 2.46. The van der Waals surface area contributed by atoms with Crippen LogP contribution in [0.2, 0.25) is 0 Å². The predicted molar refractivity (Wildman–Crippen MR) is 76.1 cm³/mol. The van der Waals surface area contributed by atoms with Crippen molar-refractivity contribution < 1.29 is 14.7 Å². The van der Waals surface area contributed by atoms with Gasteiger partial charge in [-0.3, -0.25) is 4.79 Å². The first-order valence-corrected chi connectivity index (χ1v) is 6.86. The van der Waals surface area contributed by atoms with Crippen LogP contribution in [0.3, 0.4) is 0 Å². The fourth-order valence-corrected chi connectivity index (χ4v) is 2.56. The molecule has 1 unspecified atom stereocenters. The van der Waals surface area contributed by atoms with Gasteiger partial charge >= 0.3 is 5.97 Å². The second-order valence-corrected chi connectivity index (χ2v) is 5.06. The molecular formula is C16H19NO3. The van der Waals surface area contributed by atoms with Gasteiger partial charge in [-0.2, -0.15) is 0 Å². The molecule has 0 radical (unpaired) electrons. The van der Waals surface area contributed by atoms with Crippen LogP contribution in [-0.4, -0.2) is 17.0 Å². The number of carbonyl (C=O) groups is 2. The largest absolute Gasteiger partial charge is 0.479 e. The van der Waals surface area contributed by atoms with E-state index in [0.717, 1.165) is 0 Å². The van der Waals surface area contributed by atoms with E-state index in [1.807, 2.05) is 18.2 Å². The van der Waals surface area contributed by atoms with Crippen LogP contribution in [0.25, 0.3) is 0 Å². The first-order valence-electron chi connectivity index (χ1n) is 6.86. The van der Waals surface area contributed by atoms with Crippen LogP contribution in [-0.2, 0) is 15.1 Å². The summed E-state index contributed by atoms with van der Waals surface area (Å²) in [4.78, 5) is 24.1. The van der Waals surface area contributed by atoms with Gasteiger partial charge in [0.2, 0.25) is 5.91 Å². The van der Waals surface area contributed by atoms with E-state index in [4.69, 9.17) is 0 Å². The summed E-state index contributed by atoms with van der Waals surface area (Å²) in [6, 6.07) is 8.88. The Bertz CT molecular complexity index is 516. The molecule has 0 aromatic heterocycles. The van der Waals surface area contributed by atoms with Crippen molar-refractivity contribution in [2.24, 2.45) is 5.92 Å². The van der Waals surface area contributed by atoms with E-state index in [-0.39, 0.29) is 11.8 Å². The van der Waals surface area contributed by atoms with Crippen molar-refractivity contribution in [1.29, 1.82) is 0 Å². The summed E-state index contributed by atoms with van der Waals surface area (Å²) in [5.74, 6) is -1.36. The molecule has 0 saturated heterocycles. The average molecular weight is 273 g/mol. The maximum absolute atomic E-state index is 12.3. The number of aliphatic carboxylic acids is 1. The number of allylic oxidation sites excluding steroid dienone is 2. The third-order valence-corrected chi connectivity index (χ3v) is 3.88. The van der Waals surface area contributed by atoms with Gasteiger partial charge in [-0.25, -0.2) is 4.79 Å². The van der Waals surface area contributed by atoms with E-state index in [2.05, 4.69) is 5.32 Å². The lowest BCUT2D eigenvalue weighted by molar-refractivity contribution is -0.149. The van der Waals surface area contributed by atoms with E-state index in [9.17, 15) is 14.7 Å². The maximum atomic E-state index is 12.3. The van der Waals surface area contributed by atoms with Crippen molar-refractivity contribution in [1.82, 2.24) is 5.32 Å². The van der Waals surface area contributed by atoms with Crippen molar-refractivity contribution in [3.63, 3.8) is 0 Å². The van der Waals surface area contributed by atoms with Crippen molar-refractivity contribution in [2.45, 2.75) is 31.7 Å². The van der Waals surface area contributed by atoms with Crippen LogP contribution in [0, 0.1) is 5.92 Å². The van der Waals surface area contributed by atoms with Crippen molar-refractivity contribution >= 4 is 11.9 Å². The second kappa shape index (κ2) is 5.90. The number of carboxylic acid groups (broad SMARTS) is 1. The van der Waals surface area contributed by atoms with Gasteiger partial charge in [0.15, 0.2) is 5.54 Å². The number of hydrogen-bond donors (Lipinski definition) is 2. The molecule has 0 aliphatic heterocycles. The summed E-state index contributed by atoms with van der Waals surface area (Å²) in [6.45, 7) is 1.77. The Morgan fingerprint density at radius 1 is 1.25 bits per heavy atom. The first kappa shape index (κ1) is 14.3. The maximum Gasteiger partial charge on any atom is 0.334 e. The number of carboxylic acids is 1. The number of rotatable bonds is 5. The second-order valence-electron chi connectivity index (χ2n) is 5.06. The van der Waals surface area contributed by atoms with Crippen LogP contribution in [0.15, 0.2) is 42.5 Å². The Morgan fingerprint density at radius 3 is 2.35 bits per heavy atom. The van der Waals surface area contributed by atoms with Crippen LogP contribution in [0.4, 0.5) is 0 Å². The fraction of sp³-hybridized carbons (Fsp3) is 0.375. The Balaban J connectivity index is 2.28. The molecule has 4 nitrogen and oxygen atoms in total. The number of nitrogens with one attached hydrogen (secondary N) is 1. The van der Waals surface area contributed by atoms with Crippen molar-refractivity contribution in [2.75, 3.05) is 0 Å². The zero-order chi connectivity index (χ0) is 14.6. The molecule has 1 aromatic rings. The third-order valence-electron chi connectivity index (χ3n) is 3.88. The Kier molecular flexibility index (Phi) is 4.23. The molecule has 4 heteroatoms. The van der Waals surface area contributed by atoms with E-state index in [1.54, 1.807) is 31.2 Å².